The van der Waals surface area contributed by atoms with Crippen LogP contribution in [0.5, 0.6) is 5.75 Å². The van der Waals surface area contributed by atoms with Crippen LogP contribution in [0.4, 0.5) is 5.69 Å². The summed E-state index contributed by atoms with van der Waals surface area (Å²) < 4.78 is 49.2. The lowest BCUT2D eigenvalue weighted by atomic mass is 9.76. The van der Waals surface area contributed by atoms with Gasteiger partial charge in [-0.15, -0.1) is 0 Å². The molecule has 4 unspecified atom stereocenters. The number of nitrogens with zero attached hydrogens (tertiary/aromatic N) is 1. The Morgan fingerprint density at radius 1 is 0.603 bits per heavy atom. The number of nitrogens with one attached hydrogen (secondary N) is 4. The number of aryl methyl sites for hydroxylation is 2. The maximum Gasteiger partial charge on any atom is 0.208 e. The number of benzene rings is 4. The van der Waals surface area contributed by atoms with E-state index >= 15 is 0 Å². The quantitative estimate of drug-likeness (QED) is 0.0984. The molecule has 0 saturated heterocycles. The highest BCUT2D eigenvalue weighted by Gasteiger charge is 2.33. The van der Waals surface area contributed by atoms with Gasteiger partial charge in [0, 0.05) is 48.7 Å². The number of sulfonamides is 2. The zero-order chi connectivity index (χ0) is 49.1. The standard InChI is InChI=1S/C27H38N2O.C24H30ClN.2C2H7NO2S/c1-29(2)23-12-9-20(10-13-23)17-26-25-15-14-24(30-3)18-22(25)11-16-27(26)28-19-21-7-5-4-6-8-21;25-22-13-7-12-20-14-15-23(26-17-19-10-5-2-6-11-19)21(24(20)22)16-18-8-3-1-4-9-18;2*1-3-6(2,4)5/h9-10,12-15,18,21,26-28H,4-8,11,16-17,19H2,1-3H3;1,3-4,7-9,12-13,19,21,23,26H,2,5-6,10-11,14-17H2;2*3H,1-2H3. The molecule has 0 aromatic heterocycles. The minimum Gasteiger partial charge on any atom is -0.497 e. The molecule has 13 heteroatoms. The number of methoxy groups -OCH3 is 1. The van der Waals surface area contributed by atoms with E-state index in [1.807, 2.05) is 0 Å². The highest BCUT2D eigenvalue weighted by atomic mass is 35.5. The van der Waals surface area contributed by atoms with Crippen LogP contribution in [0.1, 0.15) is 122 Å². The van der Waals surface area contributed by atoms with Crippen molar-refractivity contribution in [2.45, 2.75) is 127 Å². The molecule has 4 atom stereocenters. The van der Waals surface area contributed by atoms with Crippen LogP contribution in [0.15, 0.2) is 91.0 Å². The SMILES string of the molecule is CNS(C)(=O)=O.CNS(C)(=O)=O.COc1ccc2c(c1)CCC(NCC1CCCCC1)C2Cc1ccc(N(C)C)cc1.Clc1cccc2c1C(Cc1ccccc1)C(NCC1CCCCC1)CC2. The molecule has 2 fully saturated rings. The average Bonchev–Trinajstić information content (AvgIpc) is 3.34. The fourth-order valence-corrected chi connectivity index (χ4v) is 10.7. The van der Waals surface area contributed by atoms with Crippen molar-refractivity contribution in [2.75, 3.05) is 65.8 Å². The van der Waals surface area contributed by atoms with Gasteiger partial charge in [0.15, 0.2) is 0 Å². The van der Waals surface area contributed by atoms with Crippen molar-refractivity contribution >= 4 is 37.3 Å². The number of rotatable bonds is 14. The number of anilines is 1. The predicted molar refractivity (Wildman–Crippen MR) is 286 cm³/mol. The molecular weight excluding hydrogens is 910 g/mol. The summed E-state index contributed by atoms with van der Waals surface area (Å²) in [6.07, 6.45) is 23.2. The lowest BCUT2D eigenvalue weighted by Gasteiger charge is -2.36. The molecule has 10 nitrogen and oxygen atoms in total. The first-order chi connectivity index (χ1) is 32.6. The fourth-order valence-electron chi connectivity index (χ4n) is 10.4. The van der Waals surface area contributed by atoms with Crippen molar-refractivity contribution in [1.82, 2.24) is 20.1 Å². The second kappa shape index (κ2) is 27.8. The van der Waals surface area contributed by atoms with Crippen molar-refractivity contribution in [3.05, 3.63) is 129 Å². The summed E-state index contributed by atoms with van der Waals surface area (Å²) in [6, 6.07) is 34.3. The molecule has 2 saturated carbocycles. The Labute approximate surface area is 416 Å². The fraction of sp³-hybridized carbons (Fsp3) is 0.564. The van der Waals surface area contributed by atoms with Crippen molar-refractivity contribution < 1.29 is 21.6 Å². The Bertz CT molecular complexity index is 2290. The number of ether oxygens (including phenoxy) is 1. The number of hydrogen-bond acceptors (Lipinski definition) is 8. The first kappa shape index (κ1) is 55.4. The molecule has 4 aliphatic carbocycles. The number of halogens is 1. The van der Waals surface area contributed by atoms with Gasteiger partial charge in [-0.25, -0.2) is 26.3 Å². The summed E-state index contributed by atoms with van der Waals surface area (Å²) in [6.45, 7) is 2.36. The van der Waals surface area contributed by atoms with Gasteiger partial charge in [0.05, 0.1) is 19.6 Å². The third-order valence-electron chi connectivity index (χ3n) is 14.4. The lowest BCUT2D eigenvalue weighted by Crippen LogP contribution is -2.42. The van der Waals surface area contributed by atoms with Crippen molar-refractivity contribution in [3.8, 4) is 5.75 Å². The van der Waals surface area contributed by atoms with Crippen LogP contribution in [0.2, 0.25) is 5.02 Å². The van der Waals surface area contributed by atoms with E-state index in [-0.39, 0.29) is 0 Å². The van der Waals surface area contributed by atoms with E-state index < -0.39 is 20.0 Å². The molecule has 0 amide bonds. The second-order valence-electron chi connectivity index (χ2n) is 19.6. The summed E-state index contributed by atoms with van der Waals surface area (Å²) in [5.74, 6) is 3.72. The molecule has 0 bridgehead atoms. The topological polar surface area (TPSA) is 129 Å². The Kier molecular flexibility index (Phi) is 22.7. The van der Waals surface area contributed by atoms with Gasteiger partial charge in [0.25, 0.3) is 0 Å². The first-order valence-corrected chi connectivity index (χ1v) is 29.2. The van der Waals surface area contributed by atoms with E-state index in [9.17, 15) is 16.8 Å². The Balaban J connectivity index is 0.000000206. The smallest absolute Gasteiger partial charge is 0.208 e. The van der Waals surface area contributed by atoms with Crippen LogP contribution >= 0.6 is 11.6 Å². The summed E-state index contributed by atoms with van der Waals surface area (Å²) in [5.41, 5.74) is 9.94. The van der Waals surface area contributed by atoms with Crippen molar-refractivity contribution in [2.24, 2.45) is 11.8 Å². The van der Waals surface area contributed by atoms with E-state index in [0.717, 1.165) is 60.8 Å². The van der Waals surface area contributed by atoms with E-state index in [0.29, 0.717) is 23.9 Å². The normalized spacial score (nSPS) is 20.7. The van der Waals surface area contributed by atoms with Gasteiger partial charge in [-0.3, -0.25) is 0 Å². The maximum atomic E-state index is 9.89. The van der Waals surface area contributed by atoms with Crippen molar-refractivity contribution in [3.63, 3.8) is 0 Å². The Morgan fingerprint density at radius 3 is 1.62 bits per heavy atom. The predicted octanol–water partition coefficient (Wildman–Crippen LogP) is 10.1. The Morgan fingerprint density at radius 2 is 1.10 bits per heavy atom. The van der Waals surface area contributed by atoms with Crippen LogP contribution in [0.25, 0.3) is 0 Å². The monoisotopic (exact) mass is 992 g/mol. The van der Waals surface area contributed by atoms with Crippen LogP contribution in [-0.2, 0) is 45.7 Å². The minimum absolute atomic E-state index is 0.471. The molecule has 376 valence electrons. The number of hydrogen-bond donors (Lipinski definition) is 4. The maximum absolute atomic E-state index is 9.89. The lowest BCUT2D eigenvalue weighted by molar-refractivity contribution is 0.301. The summed E-state index contributed by atoms with van der Waals surface area (Å²) in [4.78, 5) is 2.17. The molecule has 4 aromatic carbocycles. The van der Waals surface area contributed by atoms with E-state index in [1.54, 1.807) is 7.11 Å². The van der Waals surface area contributed by atoms with Gasteiger partial charge in [-0.05, 0) is 167 Å². The molecule has 4 N–H and O–H groups in total. The average molecular weight is 993 g/mol. The zero-order valence-corrected chi connectivity index (χ0v) is 44.4. The summed E-state index contributed by atoms with van der Waals surface area (Å²) in [5, 5.41) is 8.94. The van der Waals surface area contributed by atoms with Crippen LogP contribution in [0, 0.1) is 11.8 Å². The molecular formula is C55H82ClN5O5S2. The molecule has 0 aliphatic heterocycles. The molecule has 4 aliphatic rings. The van der Waals surface area contributed by atoms with E-state index in [2.05, 4.69) is 130 Å². The molecule has 4 aromatic rings. The zero-order valence-electron chi connectivity index (χ0n) is 42.0. The molecule has 0 spiro atoms. The van der Waals surface area contributed by atoms with Crippen LogP contribution in [-0.4, -0.2) is 89.8 Å². The van der Waals surface area contributed by atoms with Gasteiger partial charge in [-0.1, -0.05) is 111 Å². The molecule has 0 heterocycles. The van der Waals surface area contributed by atoms with Gasteiger partial charge < -0.3 is 20.3 Å². The molecule has 0 radical (unpaired) electrons. The largest absolute Gasteiger partial charge is 0.497 e. The van der Waals surface area contributed by atoms with Crippen LogP contribution < -0.4 is 29.7 Å². The third kappa shape index (κ3) is 18.4. The van der Waals surface area contributed by atoms with Gasteiger partial charge in [-0.2, -0.15) is 0 Å². The third-order valence-corrected chi connectivity index (χ3v) is 16.2. The van der Waals surface area contributed by atoms with Gasteiger partial charge in [0.2, 0.25) is 20.0 Å². The summed E-state index contributed by atoms with van der Waals surface area (Å²) in [7, 11) is 2.89. The highest BCUT2D eigenvalue weighted by Crippen LogP contribution is 2.40. The van der Waals surface area contributed by atoms with Crippen molar-refractivity contribution in [1.29, 1.82) is 0 Å². The molecule has 8 rings (SSSR count). The van der Waals surface area contributed by atoms with Gasteiger partial charge >= 0.3 is 0 Å². The molecule has 68 heavy (non-hydrogen) atoms. The van der Waals surface area contributed by atoms with Gasteiger partial charge in [0.1, 0.15) is 5.75 Å². The minimum atomic E-state index is -2.91. The Hall–Kier alpha value is -3.49. The summed E-state index contributed by atoms with van der Waals surface area (Å²) >= 11 is 6.69. The highest BCUT2D eigenvalue weighted by molar-refractivity contribution is 7.88. The second-order valence-corrected chi connectivity index (χ2v) is 23.9. The van der Waals surface area contributed by atoms with E-state index in [4.69, 9.17) is 16.3 Å². The number of fused-ring (bicyclic) bond motifs is 2. The van der Waals surface area contributed by atoms with E-state index in [1.165, 1.54) is 143 Å². The first-order valence-electron chi connectivity index (χ1n) is 25.1. The van der Waals surface area contributed by atoms with Crippen LogP contribution in [0.3, 0.4) is 0 Å².